The molecule has 2 unspecified atom stereocenters. The van der Waals surface area contributed by atoms with Gasteiger partial charge < -0.3 is 30.3 Å². The van der Waals surface area contributed by atoms with E-state index in [9.17, 15) is 29.4 Å². The van der Waals surface area contributed by atoms with E-state index < -0.39 is 54.3 Å². The van der Waals surface area contributed by atoms with Gasteiger partial charge >= 0.3 is 5.97 Å². The maximum absolute atomic E-state index is 12.9. The Hall–Kier alpha value is -4.80. The highest BCUT2D eigenvalue weighted by molar-refractivity contribution is 6.07. The molecule has 1 aliphatic heterocycles. The average Bonchev–Trinajstić information content (AvgIpc) is 3.46. The van der Waals surface area contributed by atoms with Crippen LogP contribution in [0.4, 0.5) is 0 Å². The number of esters is 1. The van der Waals surface area contributed by atoms with E-state index in [1.807, 2.05) is 12.2 Å². The summed E-state index contributed by atoms with van der Waals surface area (Å²) in [7, 11) is 0. The second-order valence-electron chi connectivity index (χ2n) is 12.0. The van der Waals surface area contributed by atoms with Crippen molar-refractivity contribution in [1.29, 1.82) is 0 Å². The van der Waals surface area contributed by atoms with Crippen molar-refractivity contribution in [2.45, 2.75) is 76.9 Å². The van der Waals surface area contributed by atoms with E-state index >= 15 is 0 Å². The predicted octanol–water partition coefficient (Wildman–Crippen LogP) is 5.61. The minimum Gasteiger partial charge on any atom is -0.469 e. The molecule has 51 heavy (non-hydrogen) atoms. The number of amides is 2. The summed E-state index contributed by atoms with van der Waals surface area (Å²) in [5.74, 6) is -3.34. The fraction of sp³-hybridized carbons (Fsp3) is 0.415. The summed E-state index contributed by atoms with van der Waals surface area (Å²) in [4.78, 5) is 51.2. The zero-order valence-electron chi connectivity index (χ0n) is 29.9. The van der Waals surface area contributed by atoms with E-state index in [2.05, 4.69) is 78.3 Å². The Morgan fingerprint density at radius 2 is 1.35 bits per heavy atom. The molecule has 0 saturated carbocycles. The standard InChI is InChI=1S/C41H54N2O8/c1-3-4-5-6-7-8-9-10-11-12-13-14-15-16-17-18-19-20-24-27-38(47)43-35(40(49)50-32-33(30-44)31-45)29-42-39(48)36-28-37(46)41(2,51-36)34-25-22-21-23-26-34/h4-5,7-8,10-11,13-14,16-17,19-23,25-26,28,33,35,44-45H,3,6,9,12,15,18,24,27,29-32H2,1-2H3,(H,42,48)(H,43,47). The fourth-order valence-corrected chi connectivity index (χ4v) is 4.69. The van der Waals surface area contributed by atoms with Crippen LogP contribution in [0.25, 0.3) is 0 Å². The molecule has 10 nitrogen and oxygen atoms in total. The Kier molecular flexibility index (Phi) is 20.9. The van der Waals surface area contributed by atoms with E-state index in [0.29, 0.717) is 12.0 Å². The molecule has 1 aromatic carbocycles. The fourth-order valence-electron chi connectivity index (χ4n) is 4.69. The van der Waals surface area contributed by atoms with Crippen molar-refractivity contribution < 1.29 is 38.9 Å². The van der Waals surface area contributed by atoms with E-state index in [-0.39, 0.29) is 25.3 Å². The first-order valence-corrected chi connectivity index (χ1v) is 17.6. The van der Waals surface area contributed by atoms with Gasteiger partial charge in [-0.2, -0.15) is 0 Å². The van der Waals surface area contributed by atoms with Crippen LogP contribution < -0.4 is 10.6 Å². The molecule has 2 atom stereocenters. The van der Waals surface area contributed by atoms with E-state index in [0.717, 1.165) is 44.6 Å². The van der Waals surface area contributed by atoms with Crippen molar-refractivity contribution in [3.63, 3.8) is 0 Å². The Balaban J connectivity index is 1.78. The normalized spacial score (nSPS) is 17.0. The van der Waals surface area contributed by atoms with E-state index in [1.165, 1.54) is 0 Å². The van der Waals surface area contributed by atoms with Crippen molar-refractivity contribution in [1.82, 2.24) is 10.6 Å². The average molecular weight is 703 g/mol. The van der Waals surface area contributed by atoms with Crippen LogP contribution >= 0.6 is 0 Å². The Bertz CT molecular complexity index is 1440. The largest absolute Gasteiger partial charge is 0.469 e. The van der Waals surface area contributed by atoms with Crippen molar-refractivity contribution >= 4 is 23.6 Å². The molecule has 2 amide bonds. The number of carbonyl (C=O) groups is 4. The van der Waals surface area contributed by atoms with Crippen LogP contribution in [0.15, 0.2) is 115 Å². The lowest BCUT2D eigenvalue weighted by Gasteiger charge is -2.24. The molecule has 1 aliphatic rings. The molecule has 0 radical (unpaired) electrons. The maximum atomic E-state index is 12.9. The van der Waals surface area contributed by atoms with Gasteiger partial charge in [0.1, 0.15) is 6.04 Å². The highest BCUT2D eigenvalue weighted by Gasteiger charge is 2.43. The number of aliphatic hydroxyl groups is 2. The highest BCUT2D eigenvalue weighted by atomic mass is 16.5. The minimum absolute atomic E-state index is 0.0913. The third-order valence-corrected chi connectivity index (χ3v) is 7.79. The molecule has 0 fully saturated rings. The Morgan fingerprint density at radius 3 is 1.88 bits per heavy atom. The highest BCUT2D eigenvalue weighted by Crippen LogP contribution is 2.34. The third kappa shape index (κ3) is 16.6. The van der Waals surface area contributed by atoms with Crippen LogP contribution in [-0.2, 0) is 34.3 Å². The van der Waals surface area contributed by atoms with Crippen LogP contribution in [0, 0.1) is 5.92 Å². The second-order valence-corrected chi connectivity index (χ2v) is 12.0. The molecule has 2 rings (SSSR count). The number of ether oxygens (including phenoxy) is 2. The van der Waals surface area contributed by atoms with Gasteiger partial charge in [0.05, 0.1) is 19.8 Å². The quantitative estimate of drug-likeness (QED) is 0.0803. The number of carbonyl (C=O) groups excluding carboxylic acids is 4. The SMILES string of the molecule is CCC=CCC=CCC=CCC=CCC=CCC=CCCC(=O)NC(CNC(=O)C1=CC(=O)C(C)(c2ccccc2)O1)C(=O)OCC(CO)CO. The summed E-state index contributed by atoms with van der Waals surface area (Å²) in [5.41, 5.74) is -0.789. The van der Waals surface area contributed by atoms with Gasteiger partial charge in [-0.1, -0.05) is 110 Å². The molecular weight excluding hydrogens is 648 g/mol. The zero-order chi connectivity index (χ0) is 37.2. The number of allylic oxidation sites excluding steroid dienone is 12. The van der Waals surface area contributed by atoms with Crippen LogP contribution in [0.3, 0.4) is 0 Å². The number of hydrogen-bond donors (Lipinski definition) is 4. The lowest BCUT2D eigenvalue weighted by molar-refractivity contribution is -0.150. The van der Waals surface area contributed by atoms with E-state index in [4.69, 9.17) is 9.47 Å². The van der Waals surface area contributed by atoms with Crippen LogP contribution in [0.1, 0.15) is 70.8 Å². The van der Waals surface area contributed by atoms with Gasteiger partial charge in [-0.15, -0.1) is 0 Å². The number of hydrogen-bond acceptors (Lipinski definition) is 8. The van der Waals surface area contributed by atoms with Crippen LogP contribution in [0.5, 0.6) is 0 Å². The van der Waals surface area contributed by atoms with Crippen molar-refractivity contribution in [2.75, 3.05) is 26.4 Å². The summed E-state index contributed by atoms with van der Waals surface area (Å²) < 4.78 is 11.0. The first-order valence-electron chi connectivity index (χ1n) is 17.6. The molecule has 1 aromatic rings. The van der Waals surface area contributed by atoms with Gasteiger partial charge in [-0.05, 0) is 51.9 Å². The Labute approximate surface area is 302 Å². The van der Waals surface area contributed by atoms with Crippen LogP contribution in [0.2, 0.25) is 0 Å². The maximum Gasteiger partial charge on any atom is 0.330 e. The lowest BCUT2D eigenvalue weighted by Crippen LogP contribution is -2.49. The number of rotatable bonds is 24. The molecule has 276 valence electrons. The topological polar surface area (TPSA) is 151 Å². The Morgan fingerprint density at radius 1 is 0.824 bits per heavy atom. The molecule has 0 aliphatic carbocycles. The molecule has 0 aromatic heterocycles. The summed E-state index contributed by atoms with van der Waals surface area (Å²) in [6, 6.07) is 7.50. The number of aliphatic hydroxyl groups excluding tert-OH is 2. The van der Waals surface area contributed by atoms with Gasteiger partial charge in [0.25, 0.3) is 5.91 Å². The first-order chi connectivity index (χ1) is 24.7. The summed E-state index contributed by atoms with van der Waals surface area (Å²) in [6.07, 6.45) is 32.3. The van der Waals surface area contributed by atoms with Crippen molar-refractivity contribution in [3.8, 4) is 0 Å². The van der Waals surface area contributed by atoms with E-state index in [1.54, 1.807) is 37.3 Å². The number of nitrogens with one attached hydrogen (secondary N) is 2. The van der Waals surface area contributed by atoms with Crippen LogP contribution in [-0.4, -0.2) is 66.2 Å². The molecule has 4 N–H and O–H groups in total. The monoisotopic (exact) mass is 702 g/mol. The minimum atomic E-state index is -1.37. The van der Waals surface area contributed by atoms with Gasteiger partial charge in [-0.25, -0.2) is 4.79 Å². The number of benzene rings is 1. The van der Waals surface area contributed by atoms with Gasteiger partial charge in [-0.3, -0.25) is 14.4 Å². The summed E-state index contributed by atoms with van der Waals surface area (Å²) >= 11 is 0. The summed E-state index contributed by atoms with van der Waals surface area (Å²) in [5, 5.41) is 23.7. The third-order valence-electron chi connectivity index (χ3n) is 7.79. The lowest BCUT2D eigenvalue weighted by atomic mass is 9.92. The zero-order valence-corrected chi connectivity index (χ0v) is 29.9. The second kappa shape index (κ2) is 25.2. The molecule has 0 bridgehead atoms. The van der Waals surface area contributed by atoms with Gasteiger partial charge in [0.15, 0.2) is 11.4 Å². The molecule has 0 saturated heterocycles. The van der Waals surface area contributed by atoms with Crippen molar-refractivity contribution in [2.24, 2.45) is 5.92 Å². The molecular formula is C41H54N2O8. The smallest absolute Gasteiger partial charge is 0.330 e. The molecule has 10 heteroatoms. The first kappa shape index (κ1) is 42.4. The summed E-state index contributed by atoms with van der Waals surface area (Å²) in [6.45, 7) is 2.28. The van der Waals surface area contributed by atoms with Crippen molar-refractivity contribution in [3.05, 3.63) is 121 Å². The molecule has 0 spiro atoms. The predicted molar refractivity (Wildman–Crippen MR) is 199 cm³/mol. The van der Waals surface area contributed by atoms with Gasteiger partial charge in [0, 0.05) is 30.5 Å². The molecule has 1 heterocycles. The van der Waals surface area contributed by atoms with Gasteiger partial charge in [0.2, 0.25) is 11.7 Å². The number of ketones is 1.